The fraction of sp³-hybridized carbons (Fsp3) is 0.462. The van der Waals surface area contributed by atoms with Crippen molar-refractivity contribution in [3.63, 3.8) is 0 Å². The summed E-state index contributed by atoms with van der Waals surface area (Å²) in [5.74, 6) is 0.959. The molecule has 1 saturated heterocycles. The van der Waals surface area contributed by atoms with Crippen molar-refractivity contribution < 1.29 is 0 Å². The van der Waals surface area contributed by atoms with Gasteiger partial charge < -0.3 is 0 Å². The van der Waals surface area contributed by atoms with E-state index in [9.17, 15) is 0 Å². The normalized spacial score (nSPS) is 15.4. The molecule has 0 N–H and O–H groups in total. The van der Waals surface area contributed by atoms with E-state index in [0.717, 1.165) is 32.0 Å². The van der Waals surface area contributed by atoms with Crippen LogP contribution in [0.5, 0.6) is 0 Å². The van der Waals surface area contributed by atoms with Gasteiger partial charge in [-0.05, 0) is 41.9 Å². The predicted octanol–water partition coefficient (Wildman–Crippen LogP) is 1.74. The van der Waals surface area contributed by atoms with Gasteiger partial charge in [-0.1, -0.05) is 30.3 Å². The van der Waals surface area contributed by atoms with Crippen LogP contribution in [-0.4, -0.2) is 38.2 Å². The van der Waals surface area contributed by atoms with Crippen molar-refractivity contribution in [1.29, 1.82) is 0 Å². The predicted molar refractivity (Wildman–Crippen MR) is 75.1 cm³/mol. The van der Waals surface area contributed by atoms with E-state index < -0.39 is 0 Å². The van der Waals surface area contributed by atoms with Crippen molar-refractivity contribution in [3.8, 4) is 0 Å². The van der Waals surface area contributed by atoms with Gasteiger partial charge in [-0.2, -0.15) is 0 Å². The number of rotatable bonds is 4. The highest BCUT2D eigenvalue weighted by molar-refractivity contribution is 5.85. The molecule has 0 radical (unpaired) electrons. The van der Waals surface area contributed by atoms with Crippen LogP contribution in [0.1, 0.15) is 24.2 Å². The summed E-state index contributed by atoms with van der Waals surface area (Å²) in [6.07, 6.45) is 2.58. The van der Waals surface area contributed by atoms with Gasteiger partial charge in [-0.15, -0.1) is 17.5 Å². The maximum Gasteiger partial charge on any atom is 0.165 e. The number of benzene rings is 1. The molecule has 19 heavy (non-hydrogen) atoms. The fourth-order valence-electron chi connectivity index (χ4n) is 2.36. The van der Waals surface area contributed by atoms with Crippen molar-refractivity contribution in [2.75, 3.05) is 13.1 Å². The van der Waals surface area contributed by atoms with E-state index in [-0.39, 0.29) is 12.4 Å². The van der Waals surface area contributed by atoms with E-state index in [1.54, 1.807) is 0 Å². The van der Waals surface area contributed by atoms with E-state index in [4.69, 9.17) is 0 Å². The van der Waals surface area contributed by atoms with Crippen LogP contribution < -0.4 is 0 Å². The van der Waals surface area contributed by atoms with Gasteiger partial charge in [0.2, 0.25) is 0 Å². The SMILES string of the molecule is Cl.c1ccc(Cn2nnnc2CN2CCCC2)cc1. The second-order valence-electron chi connectivity index (χ2n) is 4.72. The average Bonchev–Trinajstić information content (AvgIpc) is 3.04. The number of tetrazole rings is 1. The lowest BCUT2D eigenvalue weighted by Gasteiger charge is -2.13. The Labute approximate surface area is 119 Å². The quantitative estimate of drug-likeness (QED) is 0.855. The van der Waals surface area contributed by atoms with Gasteiger partial charge in [0.1, 0.15) is 0 Å². The Kier molecular flexibility index (Phi) is 4.87. The maximum absolute atomic E-state index is 4.14. The van der Waals surface area contributed by atoms with Gasteiger partial charge in [0.25, 0.3) is 0 Å². The molecule has 3 rings (SSSR count). The maximum atomic E-state index is 4.14. The van der Waals surface area contributed by atoms with E-state index in [1.165, 1.54) is 18.4 Å². The number of halogens is 1. The zero-order chi connectivity index (χ0) is 12.2. The van der Waals surface area contributed by atoms with Gasteiger partial charge in [-0.25, -0.2) is 4.68 Å². The molecule has 1 aromatic heterocycles. The van der Waals surface area contributed by atoms with E-state index in [2.05, 4.69) is 32.6 Å². The van der Waals surface area contributed by atoms with Crippen molar-refractivity contribution in [2.24, 2.45) is 0 Å². The lowest BCUT2D eigenvalue weighted by Crippen LogP contribution is -2.21. The summed E-state index contributed by atoms with van der Waals surface area (Å²) >= 11 is 0. The van der Waals surface area contributed by atoms with Crippen molar-refractivity contribution in [3.05, 3.63) is 41.7 Å². The second kappa shape index (κ2) is 6.63. The number of nitrogens with zero attached hydrogens (tertiary/aromatic N) is 5. The van der Waals surface area contributed by atoms with Crippen LogP contribution in [0.2, 0.25) is 0 Å². The summed E-state index contributed by atoms with van der Waals surface area (Å²) in [5, 5.41) is 12.0. The molecule has 102 valence electrons. The summed E-state index contributed by atoms with van der Waals surface area (Å²) < 4.78 is 1.90. The van der Waals surface area contributed by atoms with Crippen LogP contribution in [-0.2, 0) is 13.1 Å². The minimum atomic E-state index is 0. The first-order valence-corrected chi connectivity index (χ1v) is 6.43. The molecular formula is C13H18ClN5. The Balaban J connectivity index is 0.00000133. The standard InChI is InChI=1S/C13H17N5.ClH/c1-2-6-12(7-3-1)10-18-13(14-15-16-18)11-17-8-4-5-9-17;/h1-3,6-7H,4-5,8-11H2;1H. The summed E-state index contributed by atoms with van der Waals surface area (Å²) in [6.45, 7) is 3.94. The molecular weight excluding hydrogens is 262 g/mol. The lowest BCUT2D eigenvalue weighted by atomic mass is 10.2. The number of aromatic nitrogens is 4. The minimum absolute atomic E-state index is 0. The molecule has 1 aliphatic rings. The first-order valence-electron chi connectivity index (χ1n) is 6.43. The smallest absolute Gasteiger partial charge is 0.165 e. The van der Waals surface area contributed by atoms with E-state index in [1.807, 2.05) is 22.9 Å². The number of hydrogen-bond donors (Lipinski definition) is 0. The van der Waals surface area contributed by atoms with Crippen LogP contribution in [0.25, 0.3) is 0 Å². The zero-order valence-electron chi connectivity index (χ0n) is 10.8. The molecule has 2 aromatic rings. The monoisotopic (exact) mass is 279 g/mol. The lowest BCUT2D eigenvalue weighted by molar-refractivity contribution is 0.315. The molecule has 1 aliphatic heterocycles. The Hall–Kier alpha value is -1.46. The third kappa shape index (κ3) is 3.52. The molecule has 0 aliphatic carbocycles. The van der Waals surface area contributed by atoms with Gasteiger partial charge in [-0.3, -0.25) is 4.90 Å². The minimum Gasteiger partial charge on any atom is -0.296 e. The molecule has 0 atom stereocenters. The molecule has 0 saturated carbocycles. The summed E-state index contributed by atoms with van der Waals surface area (Å²) in [6, 6.07) is 10.3. The first-order chi connectivity index (χ1) is 8.92. The van der Waals surface area contributed by atoms with Gasteiger partial charge >= 0.3 is 0 Å². The highest BCUT2D eigenvalue weighted by Gasteiger charge is 2.15. The second-order valence-corrected chi connectivity index (χ2v) is 4.72. The van der Waals surface area contributed by atoms with Crippen LogP contribution in [0.15, 0.2) is 30.3 Å². The molecule has 0 spiro atoms. The topological polar surface area (TPSA) is 46.8 Å². The third-order valence-corrected chi connectivity index (χ3v) is 3.34. The Bertz CT molecular complexity index is 493. The summed E-state index contributed by atoms with van der Waals surface area (Å²) in [5.41, 5.74) is 1.23. The molecule has 1 fully saturated rings. The highest BCUT2D eigenvalue weighted by atomic mass is 35.5. The Morgan fingerprint density at radius 1 is 1.00 bits per heavy atom. The molecule has 0 unspecified atom stereocenters. The molecule has 5 nitrogen and oxygen atoms in total. The number of likely N-dealkylation sites (tertiary alicyclic amines) is 1. The van der Waals surface area contributed by atoms with Crippen LogP contribution in [0.4, 0.5) is 0 Å². The van der Waals surface area contributed by atoms with Crippen molar-refractivity contribution in [1.82, 2.24) is 25.1 Å². The van der Waals surface area contributed by atoms with E-state index in [0.29, 0.717) is 0 Å². The molecule has 1 aromatic carbocycles. The molecule has 0 amide bonds. The Morgan fingerprint density at radius 3 is 2.47 bits per heavy atom. The summed E-state index contributed by atoms with van der Waals surface area (Å²) in [4.78, 5) is 2.41. The third-order valence-electron chi connectivity index (χ3n) is 3.34. The molecule has 6 heteroatoms. The largest absolute Gasteiger partial charge is 0.296 e. The summed E-state index contributed by atoms with van der Waals surface area (Å²) in [7, 11) is 0. The highest BCUT2D eigenvalue weighted by Crippen LogP contribution is 2.11. The van der Waals surface area contributed by atoms with Gasteiger partial charge in [0.05, 0.1) is 13.1 Å². The van der Waals surface area contributed by atoms with Gasteiger partial charge in [0, 0.05) is 0 Å². The zero-order valence-corrected chi connectivity index (χ0v) is 11.6. The van der Waals surface area contributed by atoms with Crippen molar-refractivity contribution >= 4 is 12.4 Å². The van der Waals surface area contributed by atoms with Crippen LogP contribution in [0, 0.1) is 0 Å². The first kappa shape index (κ1) is 14.0. The molecule has 2 heterocycles. The van der Waals surface area contributed by atoms with Crippen LogP contribution >= 0.6 is 12.4 Å². The average molecular weight is 280 g/mol. The van der Waals surface area contributed by atoms with Gasteiger partial charge in [0.15, 0.2) is 5.82 Å². The van der Waals surface area contributed by atoms with E-state index >= 15 is 0 Å². The van der Waals surface area contributed by atoms with Crippen LogP contribution in [0.3, 0.4) is 0 Å². The number of hydrogen-bond acceptors (Lipinski definition) is 4. The molecule has 0 bridgehead atoms. The Morgan fingerprint density at radius 2 is 1.74 bits per heavy atom. The fourth-order valence-corrected chi connectivity index (χ4v) is 2.36. The van der Waals surface area contributed by atoms with Crippen molar-refractivity contribution in [2.45, 2.75) is 25.9 Å².